The SMILES string of the molecule is O=C(O)C(F)Cc1cccc(Oc2ccccc2)c1. The molecule has 0 bridgehead atoms. The summed E-state index contributed by atoms with van der Waals surface area (Å²) in [4.78, 5) is 10.5. The summed E-state index contributed by atoms with van der Waals surface area (Å²) in [5.74, 6) is -0.217. The molecular weight excluding hydrogens is 247 g/mol. The summed E-state index contributed by atoms with van der Waals surface area (Å²) in [7, 11) is 0. The monoisotopic (exact) mass is 260 g/mol. The summed E-state index contributed by atoms with van der Waals surface area (Å²) >= 11 is 0. The molecule has 4 heteroatoms. The first-order valence-electron chi connectivity index (χ1n) is 5.84. The first-order chi connectivity index (χ1) is 9.15. The van der Waals surface area contributed by atoms with Crippen molar-refractivity contribution in [3.05, 3.63) is 60.2 Å². The predicted molar refractivity (Wildman–Crippen MR) is 69.2 cm³/mol. The van der Waals surface area contributed by atoms with E-state index in [-0.39, 0.29) is 6.42 Å². The third-order valence-corrected chi connectivity index (χ3v) is 2.56. The van der Waals surface area contributed by atoms with Gasteiger partial charge in [-0.3, -0.25) is 0 Å². The lowest BCUT2D eigenvalue weighted by Gasteiger charge is -2.08. The van der Waals surface area contributed by atoms with Gasteiger partial charge in [0.05, 0.1) is 0 Å². The fraction of sp³-hybridized carbons (Fsp3) is 0.133. The summed E-state index contributed by atoms with van der Waals surface area (Å²) in [6.45, 7) is 0. The first-order valence-corrected chi connectivity index (χ1v) is 5.84. The van der Waals surface area contributed by atoms with Crippen molar-refractivity contribution in [3.63, 3.8) is 0 Å². The molecule has 0 aliphatic rings. The Bertz CT molecular complexity index is 554. The van der Waals surface area contributed by atoms with Gasteiger partial charge >= 0.3 is 5.97 Å². The van der Waals surface area contributed by atoms with Gasteiger partial charge in [0.1, 0.15) is 11.5 Å². The molecule has 98 valence electrons. The molecule has 0 spiro atoms. The van der Waals surface area contributed by atoms with E-state index in [0.717, 1.165) is 0 Å². The molecule has 0 radical (unpaired) electrons. The number of halogens is 1. The fourth-order valence-electron chi connectivity index (χ4n) is 1.65. The Hall–Kier alpha value is -2.36. The van der Waals surface area contributed by atoms with Crippen LogP contribution in [0.4, 0.5) is 4.39 Å². The summed E-state index contributed by atoms with van der Waals surface area (Å²) in [6, 6.07) is 16.0. The molecule has 0 fully saturated rings. The van der Waals surface area contributed by atoms with Crippen molar-refractivity contribution in [2.75, 3.05) is 0 Å². The van der Waals surface area contributed by atoms with Crippen molar-refractivity contribution < 1.29 is 19.0 Å². The Balaban J connectivity index is 2.09. The minimum Gasteiger partial charge on any atom is -0.479 e. The predicted octanol–water partition coefficient (Wildman–Crippen LogP) is 3.44. The van der Waals surface area contributed by atoms with E-state index in [1.54, 1.807) is 24.3 Å². The molecule has 0 saturated carbocycles. The van der Waals surface area contributed by atoms with Crippen LogP contribution in [-0.2, 0) is 11.2 Å². The van der Waals surface area contributed by atoms with Gasteiger partial charge in [0.25, 0.3) is 0 Å². The Morgan fingerprint density at radius 1 is 1.11 bits per heavy atom. The third kappa shape index (κ3) is 3.81. The number of ether oxygens (including phenoxy) is 1. The summed E-state index contributed by atoms with van der Waals surface area (Å²) in [5, 5.41) is 8.54. The Morgan fingerprint density at radius 2 is 1.79 bits per heavy atom. The average Bonchev–Trinajstić information content (AvgIpc) is 2.40. The zero-order valence-corrected chi connectivity index (χ0v) is 10.1. The van der Waals surface area contributed by atoms with Crippen molar-refractivity contribution in [3.8, 4) is 11.5 Å². The minimum absolute atomic E-state index is 0.165. The van der Waals surface area contributed by atoms with E-state index in [9.17, 15) is 9.18 Å². The van der Waals surface area contributed by atoms with Crippen LogP contribution in [0, 0.1) is 0 Å². The minimum atomic E-state index is -1.90. The molecule has 2 aromatic rings. The molecule has 0 aliphatic carbocycles. The normalized spacial score (nSPS) is 11.8. The average molecular weight is 260 g/mol. The van der Waals surface area contributed by atoms with Gasteiger partial charge in [-0.05, 0) is 29.8 Å². The lowest BCUT2D eigenvalue weighted by atomic mass is 10.1. The quantitative estimate of drug-likeness (QED) is 0.895. The molecule has 0 aromatic heterocycles. The molecule has 2 rings (SSSR count). The van der Waals surface area contributed by atoms with Crippen molar-refractivity contribution >= 4 is 5.97 Å². The van der Waals surface area contributed by atoms with Crippen LogP contribution in [0.3, 0.4) is 0 Å². The maximum Gasteiger partial charge on any atom is 0.338 e. The van der Waals surface area contributed by atoms with Crippen LogP contribution < -0.4 is 4.74 Å². The third-order valence-electron chi connectivity index (χ3n) is 2.56. The van der Waals surface area contributed by atoms with Gasteiger partial charge in [-0.15, -0.1) is 0 Å². The Kier molecular flexibility index (Phi) is 4.13. The van der Waals surface area contributed by atoms with Gasteiger partial charge < -0.3 is 9.84 Å². The van der Waals surface area contributed by atoms with Crippen molar-refractivity contribution in [1.82, 2.24) is 0 Å². The second kappa shape index (κ2) is 6.00. The van der Waals surface area contributed by atoms with E-state index in [0.29, 0.717) is 17.1 Å². The Labute approximate surface area is 110 Å². The standard InChI is InChI=1S/C15H13FO3/c16-14(15(17)18)10-11-5-4-8-13(9-11)19-12-6-2-1-3-7-12/h1-9,14H,10H2,(H,17,18). The lowest BCUT2D eigenvalue weighted by molar-refractivity contribution is -0.142. The highest BCUT2D eigenvalue weighted by Gasteiger charge is 2.16. The fourth-order valence-corrected chi connectivity index (χ4v) is 1.65. The van der Waals surface area contributed by atoms with E-state index in [1.807, 2.05) is 30.3 Å². The van der Waals surface area contributed by atoms with Gasteiger partial charge in [0.15, 0.2) is 0 Å². The van der Waals surface area contributed by atoms with Gasteiger partial charge in [-0.1, -0.05) is 30.3 Å². The zero-order chi connectivity index (χ0) is 13.7. The maximum absolute atomic E-state index is 13.1. The number of benzene rings is 2. The van der Waals surface area contributed by atoms with Crippen LogP contribution in [0.25, 0.3) is 0 Å². The molecule has 1 atom stereocenters. The highest BCUT2D eigenvalue weighted by atomic mass is 19.1. The van der Waals surface area contributed by atoms with Crippen molar-refractivity contribution in [2.45, 2.75) is 12.6 Å². The number of carboxylic acid groups (broad SMARTS) is 1. The van der Waals surface area contributed by atoms with Crippen LogP contribution in [0.2, 0.25) is 0 Å². The van der Waals surface area contributed by atoms with E-state index in [2.05, 4.69) is 0 Å². The first kappa shape index (κ1) is 13.1. The van der Waals surface area contributed by atoms with E-state index in [4.69, 9.17) is 9.84 Å². The van der Waals surface area contributed by atoms with Crippen molar-refractivity contribution in [2.24, 2.45) is 0 Å². The molecule has 2 aromatic carbocycles. The van der Waals surface area contributed by atoms with Crippen LogP contribution >= 0.6 is 0 Å². The van der Waals surface area contributed by atoms with E-state index in [1.165, 1.54) is 0 Å². The number of para-hydroxylation sites is 1. The number of alkyl halides is 1. The molecule has 3 nitrogen and oxygen atoms in total. The van der Waals surface area contributed by atoms with Gasteiger partial charge in [0, 0.05) is 6.42 Å². The number of hydrogen-bond donors (Lipinski definition) is 1. The molecule has 1 N–H and O–H groups in total. The van der Waals surface area contributed by atoms with E-state index >= 15 is 0 Å². The van der Waals surface area contributed by atoms with Crippen LogP contribution in [-0.4, -0.2) is 17.2 Å². The topological polar surface area (TPSA) is 46.5 Å². The van der Waals surface area contributed by atoms with Gasteiger partial charge in [-0.2, -0.15) is 0 Å². The van der Waals surface area contributed by atoms with Gasteiger partial charge in [0.2, 0.25) is 6.17 Å². The molecule has 0 amide bonds. The number of carboxylic acids is 1. The van der Waals surface area contributed by atoms with E-state index < -0.39 is 12.1 Å². The molecule has 1 unspecified atom stereocenters. The largest absolute Gasteiger partial charge is 0.479 e. The highest BCUT2D eigenvalue weighted by molar-refractivity contribution is 5.72. The van der Waals surface area contributed by atoms with Crippen molar-refractivity contribution in [1.29, 1.82) is 0 Å². The highest BCUT2D eigenvalue weighted by Crippen LogP contribution is 2.22. The number of rotatable bonds is 5. The zero-order valence-electron chi connectivity index (χ0n) is 10.1. The number of carbonyl (C=O) groups is 1. The summed E-state index contributed by atoms with van der Waals surface area (Å²) < 4.78 is 18.7. The molecule has 19 heavy (non-hydrogen) atoms. The molecule has 0 aliphatic heterocycles. The smallest absolute Gasteiger partial charge is 0.338 e. The Morgan fingerprint density at radius 3 is 2.47 bits per heavy atom. The molecule has 0 heterocycles. The number of hydrogen-bond acceptors (Lipinski definition) is 2. The second-order valence-electron chi connectivity index (χ2n) is 4.07. The van der Waals surface area contributed by atoms with Gasteiger partial charge in [-0.25, -0.2) is 9.18 Å². The summed E-state index contributed by atoms with van der Waals surface area (Å²) in [6.07, 6.45) is -2.06. The molecule has 0 saturated heterocycles. The number of aliphatic carboxylic acids is 1. The molecular formula is C15H13FO3. The van der Waals surface area contributed by atoms with Crippen LogP contribution in [0.5, 0.6) is 11.5 Å². The maximum atomic E-state index is 13.1. The summed E-state index contributed by atoms with van der Waals surface area (Å²) in [5.41, 5.74) is 0.586. The van der Waals surface area contributed by atoms with Crippen LogP contribution in [0.1, 0.15) is 5.56 Å². The second-order valence-corrected chi connectivity index (χ2v) is 4.07. The lowest BCUT2D eigenvalue weighted by Crippen LogP contribution is -2.17. The van der Waals surface area contributed by atoms with Crippen LogP contribution in [0.15, 0.2) is 54.6 Å².